The van der Waals surface area contributed by atoms with Crippen molar-refractivity contribution in [1.29, 1.82) is 0 Å². The second-order valence-electron chi connectivity index (χ2n) is 7.44. The lowest BCUT2D eigenvalue weighted by Crippen LogP contribution is -2.04. The molecule has 0 aliphatic rings. The molecule has 2 heterocycles. The highest BCUT2D eigenvalue weighted by molar-refractivity contribution is 7.22. The van der Waals surface area contributed by atoms with Crippen LogP contribution in [0, 0.1) is 0 Å². The summed E-state index contributed by atoms with van der Waals surface area (Å²) in [6.45, 7) is 3.22. The zero-order valence-corrected chi connectivity index (χ0v) is 20.9. The minimum Gasteiger partial charge on any atom is -0.478 e. The highest BCUT2D eigenvalue weighted by Gasteiger charge is 2.30. The quantitative estimate of drug-likeness (QED) is 0.205. The Labute approximate surface area is 219 Å². The lowest BCUT2D eigenvalue weighted by molar-refractivity contribution is -0.137. The maximum atomic E-state index is 12.8. The van der Waals surface area contributed by atoms with Crippen LogP contribution >= 0.6 is 11.3 Å². The van der Waals surface area contributed by atoms with Crippen molar-refractivity contribution in [2.45, 2.75) is 20.0 Å². The molecule has 2 aromatic heterocycles. The molecule has 0 atom stereocenters. The standard InChI is InChI=1S/C20H13F3N4O2S.C6H8O2/c1-11(28)26-19-27-18-15(3-2-4-16(18)30-19)29-17-9-14(24-10-25-17)12-5-7-13(8-6-12)20(21,22)23;1-2-3-4-5-6(7)8/h2-10H,1H3,(H,26,27,28);2-5H,1H3,(H,7,8)/b;3-2+,5-4+. The van der Waals surface area contributed by atoms with Gasteiger partial charge >= 0.3 is 12.1 Å². The fourth-order valence-electron chi connectivity index (χ4n) is 2.95. The van der Waals surface area contributed by atoms with Crippen LogP contribution in [-0.4, -0.2) is 31.9 Å². The van der Waals surface area contributed by atoms with Gasteiger partial charge in [-0.05, 0) is 31.2 Å². The first-order chi connectivity index (χ1) is 18.1. The third kappa shape index (κ3) is 7.96. The van der Waals surface area contributed by atoms with E-state index in [0.29, 0.717) is 27.7 Å². The Bertz CT molecular complexity index is 1480. The molecule has 0 unspecified atom stereocenters. The van der Waals surface area contributed by atoms with Crippen LogP contribution in [0.5, 0.6) is 11.6 Å². The zero-order chi connectivity index (χ0) is 27.7. The first-order valence-corrected chi connectivity index (χ1v) is 11.8. The first kappa shape index (κ1) is 28.0. The van der Waals surface area contributed by atoms with Crippen molar-refractivity contribution in [3.05, 3.63) is 84.7 Å². The summed E-state index contributed by atoms with van der Waals surface area (Å²) in [7, 11) is 0. The minimum atomic E-state index is -4.40. The number of allylic oxidation sites excluding steroid dienone is 3. The molecule has 0 aliphatic heterocycles. The summed E-state index contributed by atoms with van der Waals surface area (Å²) in [5.74, 6) is -0.504. The predicted octanol–water partition coefficient (Wildman–Crippen LogP) is 6.73. The van der Waals surface area contributed by atoms with Crippen molar-refractivity contribution in [2.24, 2.45) is 0 Å². The van der Waals surface area contributed by atoms with Gasteiger partial charge in [0.25, 0.3) is 0 Å². The summed E-state index contributed by atoms with van der Waals surface area (Å²) < 4.78 is 44.9. The number of carbonyl (C=O) groups is 2. The number of halogens is 3. The number of anilines is 1. The topological polar surface area (TPSA) is 114 Å². The minimum absolute atomic E-state index is 0.210. The van der Waals surface area contributed by atoms with Gasteiger partial charge in [-0.25, -0.2) is 19.7 Å². The van der Waals surface area contributed by atoms with E-state index in [9.17, 15) is 22.8 Å². The van der Waals surface area contributed by atoms with Crippen molar-refractivity contribution in [1.82, 2.24) is 15.0 Å². The summed E-state index contributed by atoms with van der Waals surface area (Å²) in [4.78, 5) is 33.6. The van der Waals surface area contributed by atoms with Gasteiger partial charge in [0.1, 0.15) is 11.8 Å². The summed E-state index contributed by atoms with van der Waals surface area (Å²) in [6.07, 6.45) is 2.85. The van der Waals surface area contributed by atoms with Gasteiger partial charge in [0.15, 0.2) is 10.9 Å². The zero-order valence-electron chi connectivity index (χ0n) is 20.1. The van der Waals surface area contributed by atoms with Crippen molar-refractivity contribution in [3.63, 3.8) is 0 Å². The number of carboxylic acid groups (broad SMARTS) is 1. The molecule has 4 aromatic rings. The molecule has 12 heteroatoms. The molecular weight excluding hydrogens is 521 g/mol. The lowest BCUT2D eigenvalue weighted by atomic mass is 10.1. The fraction of sp³-hybridized carbons (Fsp3) is 0.115. The number of aliphatic carboxylic acids is 1. The number of benzene rings is 2. The van der Waals surface area contributed by atoms with Gasteiger partial charge in [-0.1, -0.05) is 47.8 Å². The van der Waals surface area contributed by atoms with Crippen molar-refractivity contribution >= 4 is 38.6 Å². The number of hydrogen-bond acceptors (Lipinski definition) is 7. The average Bonchev–Trinajstić information content (AvgIpc) is 3.27. The van der Waals surface area contributed by atoms with Crippen molar-refractivity contribution in [2.75, 3.05) is 5.32 Å². The van der Waals surface area contributed by atoms with Crippen molar-refractivity contribution < 1.29 is 32.6 Å². The molecule has 2 N–H and O–H groups in total. The summed E-state index contributed by atoms with van der Waals surface area (Å²) >= 11 is 1.31. The van der Waals surface area contributed by atoms with Gasteiger partial charge in [0.05, 0.1) is 16.0 Å². The average molecular weight is 543 g/mol. The van der Waals surface area contributed by atoms with E-state index in [1.807, 2.05) is 13.0 Å². The van der Waals surface area contributed by atoms with Gasteiger partial charge < -0.3 is 15.2 Å². The van der Waals surface area contributed by atoms with Gasteiger partial charge in [0.2, 0.25) is 11.8 Å². The van der Waals surface area contributed by atoms with Crippen LogP contribution in [-0.2, 0) is 15.8 Å². The number of aromatic nitrogens is 3. The predicted molar refractivity (Wildman–Crippen MR) is 138 cm³/mol. The number of nitrogens with one attached hydrogen (secondary N) is 1. The molecule has 0 spiro atoms. The van der Waals surface area contributed by atoms with Gasteiger partial charge in [0, 0.05) is 24.6 Å². The van der Waals surface area contributed by atoms with Gasteiger partial charge in [-0.3, -0.25) is 4.79 Å². The second-order valence-corrected chi connectivity index (χ2v) is 8.48. The van der Waals surface area contributed by atoms with Gasteiger partial charge in [-0.2, -0.15) is 13.2 Å². The van der Waals surface area contributed by atoms with E-state index in [-0.39, 0.29) is 11.8 Å². The van der Waals surface area contributed by atoms with Crippen LogP contribution in [0.1, 0.15) is 19.4 Å². The molecule has 0 fully saturated rings. The summed E-state index contributed by atoms with van der Waals surface area (Å²) in [5, 5.41) is 11.1. The van der Waals surface area contributed by atoms with E-state index in [1.165, 1.54) is 48.9 Å². The highest BCUT2D eigenvalue weighted by Crippen LogP contribution is 2.35. The van der Waals surface area contributed by atoms with Crippen LogP contribution < -0.4 is 10.1 Å². The van der Waals surface area contributed by atoms with Crippen LogP contribution in [0.2, 0.25) is 0 Å². The molecule has 196 valence electrons. The second kappa shape index (κ2) is 12.6. The number of fused-ring (bicyclic) bond motifs is 1. The maximum Gasteiger partial charge on any atom is 0.416 e. The van der Waals surface area contributed by atoms with E-state index < -0.39 is 17.7 Å². The van der Waals surface area contributed by atoms with Crippen LogP contribution in [0.3, 0.4) is 0 Å². The van der Waals surface area contributed by atoms with E-state index in [4.69, 9.17) is 9.84 Å². The number of amides is 1. The van der Waals surface area contributed by atoms with E-state index in [1.54, 1.807) is 24.3 Å². The third-order valence-corrected chi connectivity index (χ3v) is 5.51. The first-order valence-electron chi connectivity index (χ1n) is 10.9. The van der Waals surface area contributed by atoms with Crippen LogP contribution in [0.25, 0.3) is 21.5 Å². The molecule has 1 amide bonds. The van der Waals surface area contributed by atoms with Gasteiger partial charge in [-0.15, -0.1) is 0 Å². The largest absolute Gasteiger partial charge is 0.478 e. The lowest BCUT2D eigenvalue weighted by Gasteiger charge is -2.09. The number of thiazole rings is 1. The molecule has 0 saturated carbocycles. The molecule has 8 nitrogen and oxygen atoms in total. The third-order valence-electron chi connectivity index (χ3n) is 4.57. The molecule has 38 heavy (non-hydrogen) atoms. The smallest absolute Gasteiger partial charge is 0.416 e. The Morgan fingerprint density at radius 3 is 2.45 bits per heavy atom. The van der Waals surface area contributed by atoms with Crippen molar-refractivity contribution in [3.8, 4) is 22.9 Å². The highest BCUT2D eigenvalue weighted by atomic mass is 32.1. The summed E-state index contributed by atoms with van der Waals surface area (Å²) in [6, 6.07) is 11.5. The Morgan fingerprint density at radius 2 is 1.82 bits per heavy atom. The number of alkyl halides is 3. The van der Waals surface area contributed by atoms with Crippen LogP contribution in [0.15, 0.2) is 79.2 Å². The molecule has 0 bridgehead atoms. The van der Waals surface area contributed by atoms with E-state index in [0.717, 1.165) is 22.9 Å². The Balaban J connectivity index is 0.000000436. The number of para-hydroxylation sites is 1. The molecular formula is C26H21F3N4O4S. The fourth-order valence-corrected chi connectivity index (χ4v) is 3.88. The molecule has 4 rings (SSSR count). The Morgan fingerprint density at radius 1 is 1.08 bits per heavy atom. The number of hydrogen-bond donors (Lipinski definition) is 2. The molecule has 0 aliphatic carbocycles. The molecule has 0 radical (unpaired) electrons. The number of ether oxygens (including phenoxy) is 1. The van der Waals surface area contributed by atoms with E-state index >= 15 is 0 Å². The van der Waals surface area contributed by atoms with E-state index in [2.05, 4.69) is 20.3 Å². The SMILES string of the molecule is C/C=C/C=C/C(=O)O.CC(=O)Nc1nc2c(Oc3cc(-c4ccc(C(F)(F)F)cc4)ncn3)cccc2s1. The monoisotopic (exact) mass is 542 g/mol. The number of nitrogens with zero attached hydrogens (tertiary/aromatic N) is 3. The number of carboxylic acids is 1. The summed E-state index contributed by atoms with van der Waals surface area (Å²) in [5.41, 5.74) is 0.732. The van der Waals surface area contributed by atoms with Crippen LogP contribution in [0.4, 0.5) is 18.3 Å². The normalized spacial score (nSPS) is 11.4. The number of rotatable bonds is 6. The molecule has 0 saturated heterocycles. The number of carbonyl (C=O) groups excluding carboxylic acids is 1. The Kier molecular flexibility index (Phi) is 9.28. The molecule has 2 aromatic carbocycles. The Hall–Kier alpha value is -4.58. The maximum absolute atomic E-state index is 12.8.